The smallest absolute Gasteiger partial charge is 0.295 e. The van der Waals surface area contributed by atoms with Crippen LogP contribution in [0.3, 0.4) is 0 Å². The highest BCUT2D eigenvalue weighted by atomic mass is 32.2. The summed E-state index contributed by atoms with van der Waals surface area (Å²) >= 11 is 0. The summed E-state index contributed by atoms with van der Waals surface area (Å²) in [6.07, 6.45) is 5.44. The number of hydrogen-bond donors (Lipinski definition) is 0. The molecular formula is C18H26N2O5S. The molecule has 1 aromatic rings. The Kier molecular flexibility index (Phi) is 5.00. The second-order valence-electron chi connectivity index (χ2n) is 8.09. The Morgan fingerprint density at radius 2 is 1.73 bits per heavy atom. The number of nitrogens with zero attached hydrogens (tertiary/aromatic N) is 2. The number of hydrogen-bond acceptors (Lipinski definition) is 5. The molecule has 1 saturated heterocycles. The molecule has 0 amide bonds. The lowest BCUT2D eigenvalue weighted by molar-refractivity contribution is -0.781. The predicted molar refractivity (Wildman–Crippen MR) is 96.6 cm³/mol. The van der Waals surface area contributed by atoms with Crippen molar-refractivity contribution in [1.82, 2.24) is 4.31 Å². The van der Waals surface area contributed by atoms with Gasteiger partial charge in [-0.05, 0) is 50.7 Å². The number of rotatable bonds is 4. The van der Waals surface area contributed by atoms with Gasteiger partial charge in [0.2, 0.25) is 10.0 Å². The van der Waals surface area contributed by atoms with Gasteiger partial charge in [0.15, 0.2) is 0 Å². The minimum Gasteiger partial charge on any atom is -0.306 e. The molecule has 26 heavy (non-hydrogen) atoms. The molecule has 0 bridgehead atoms. The van der Waals surface area contributed by atoms with E-state index in [-0.39, 0.29) is 16.9 Å². The standard InChI is InChI=1S/C18H26N2O5S/c1-15-6-8-16(9-7-15)26(23,24)19-13-17(2,25-20(21)22)12-18(14-19)10-4-3-5-11-18/h6-9H,3-5,10-14H2,1-2H3. The number of aryl methyl sites for hydroxylation is 1. The number of piperidine rings is 1. The van der Waals surface area contributed by atoms with Crippen molar-refractivity contribution < 1.29 is 18.3 Å². The van der Waals surface area contributed by atoms with Crippen LogP contribution in [-0.4, -0.2) is 36.5 Å². The van der Waals surface area contributed by atoms with E-state index in [1.54, 1.807) is 31.2 Å². The van der Waals surface area contributed by atoms with Crippen LogP contribution in [0, 0.1) is 22.5 Å². The van der Waals surface area contributed by atoms with Crippen LogP contribution in [-0.2, 0) is 14.9 Å². The first kappa shape index (κ1) is 19.1. The molecule has 2 aliphatic rings. The van der Waals surface area contributed by atoms with E-state index in [1.165, 1.54) is 4.31 Å². The van der Waals surface area contributed by atoms with Crippen molar-refractivity contribution in [3.8, 4) is 0 Å². The van der Waals surface area contributed by atoms with E-state index in [2.05, 4.69) is 0 Å². The molecule has 1 aromatic carbocycles. The first-order chi connectivity index (χ1) is 12.1. The lowest BCUT2D eigenvalue weighted by Gasteiger charge is -2.50. The SMILES string of the molecule is Cc1ccc(S(=O)(=O)N2CC3(CCCCC3)CC(C)(O[N+](=O)[O-])C2)cc1. The van der Waals surface area contributed by atoms with Gasteiger partial charge in [-0.2, -0.15) is 4.31 Å². The van der Waals surface area contributed by atoms with Crippen LogP contribution < -0.4 is 0 Å². The Hall–Kier alpha value is -1.67. The maximum Gasteiger partial charge on any atom is 0.295 e. The quantitative estimate of drug-likeness (QED) is 0.589. The summed E-state index contributed by atoms with van der Waals surface area (Å²) < 4.78 is 27.8. The maximum absolute atomic E-state index is 13.2. The number of benzene rings is 1. The first-order valence-corrected chi connectivity index (χ1v) is 10.5. The summed E-state index contributed by atoms with van der Waals surface area (Å²) in [5.41, 5.74) is -0.400. The van der Waals surface area contributed by atoms with Gasteiger partial charge in [0.05, 0.1) is 4.90 Å². The zero-order chi connectivity index (χ0) is 19.0. The summed E-state index contributed by atoms with van der Waals surface area (Å²) in [6, 6.07) is 6.72. The van der Waals surface area contributed by atoms with Crippen molar-refractivity contribution in [1.29, 1.82) is 0 Å². The molecule has 3 rings (SSSR count). The van der Waals surface area contributed by atoms with E-state index >= 15 is 0 Å². The number of sulfonamides is 1. The fraction of sp³-hybridized carbons (Fsp3) is 0.667. The van der Waals surface area contributed by atoms with Crippen LogP contribution >= 0.6 is 0 Å². The molecule has 0 radical (unpaired) electrons. The molecule has 1 aliphatic carbocycles. The van der Waals surface area contributed by atoms with E-state index in [0.717, 1.165) is 37.7 Å². The molecule has 1 unspecified atom stereocenters. The third-order valence-corrected chi connectivity index (χ3v) is 7.45. The molecule has 2 fully saturated rings. The van der Waals surface area contributed by atoms with Gasteiger partial charge in [-0.1, -0.05) is 37.0 Å². The molecule has 1 spiro atoms. The van der Waals surface area contributed by atoms with E-state index in [0.29, 0.717) is 13.0 Å². The van der Waals surface area contributed by atoms with Gasteiger partial charge in [-0.25, -0.2) is 8.42 Å². The molecular weight excluding hydrogens is 356 g/mol. The topological polar surface area (TPSA) is 89.8 Å². The molecule has 0 N–H and O–H groups in total. The Morgan fingerprint density at radius 1 is 1.12 bits per heavy atom. The largest absolute Gasteiger partial charge is 0.306 e. The fourth-order valence-corrected chi connectivity index (χ4v) is 6.28. The highest BCUT2D eigenvalue weighted by Gasteiger charge is 2.50. The maximum atomic E-state index is 13.2. The molecule has 7 nitrogen and oxygen atoms in total. The third kappa shape index (κ3) is 3.86. The Balaban J connectivity index is 1.96. The normalized spacial score (nSPS) is 26.5. The second kappa shape index (κ2) is 6.81. The molecule has 1 atom stereocenters. The van der Waals surface area contributed by atoms with Crippen molar-refractivity contribution in [2.75, 3.05) is 13.1 Å². The first-order valence-electron chi connectivity index (χ1n) is 9.05. The lowest BCUT2D eigenvalue weighted by atomic mass is 9.66. The van der Waals surface area contributed by atoms with Crippen molar-refractivity contribution in [2.45, 2.75) is 62.9 Å². The van der Waals surface area contributed by atoms with E-state index in [4.69, 9.17) is 4.84 Å². The zero-order valence-corrected chi connectivity index (χ0v) is 16.1. The van der Waals surface area contributed by atoms with Gasteiger partial charge in [-0.15, -0.1) is 10.1 Å². The van der Waals surface area contributed by atoms with Gasteiger partial charge < -0.3 is 4.84 Å². The highest BCUT2D eigenvalue weighted by Crippen LogP contribution is 2.48. The van der Waals surface area contributed by atoms with Crippen LogP contribution in [0.25, 0.3) is 0 Å². The van der Waals surface area contributed by atoms with Crippen LogP contribution in [0.4, 0.5) is 0 Å². The van der Waals surface area contributed by atoms with Gasteiger partial charge >= 0.3 is 0 Å². The molecule has 1 saturated carbocycles. The summed E-state index contributed by atoms with van der Waals surface area (Å²) in [5.74, 6) is 0. The van der Waals surface area contributed by atoms with Crippen molar-refractivity contribution in [3.05, 3.63) is 39.9 Å². The Morgan fingerprint density at radius 3 is 2.31 bits per heavy atom. The Bertz CT molecular complexity index is 771. The average Bonchev–Trinajstić information content (AvgIpc) is 2.54. The summed E-state index contributed by atoms with van der Waals surface area (Å²) in [6.45, 7) is 3.95. The van der Waals surface area contributed by atoms with Crippen molar-refractivity contribution >= 4 is 10.0 Å². The van der Waals surface area contributed by atoms with E-state index in [1.807, 2.05) is 6.92 Å². The predicted octanol–water partition coefficient (Wildman–Crippen LogP) is 3.31. The fourth-order valence-electron chi connectivity index (χ4n) is 4.62. The molecule has 1 heterocycles. The monoisotopic (exact) mass is 382 g/mol. The summed E-state index contributed by atoms with van der Waals surface area (Å²) in [5, 5.41) is 10.2. The zero-order valence-electron chi connectivity index (χ0n) is 15.3. The summed E-state index contributed by atoms with van der Waals surface area (Å²) in [7, 11) is -3.73. The van der Waals surface area contributed by atoms with E-state index < -0.39 is 20.7 Å². The average molecular weight is 382 g/mol. The second-order valence-corrected chi connectivity index (χ2v) is 10.0. The van der Waals surface area contributed by atoms with Crippen molar-refractivity contribution in [2.24, 2.45) is 5.41 Å². The van der Waals surface area contributed by atoms with Crippen LogP contribution in [0.2, 0.25) is 0 Å². The van der Waals surface area contributed by atoms with E-state index in [9.17, 15) is 18.5 Å². The van der Waals surface area contributed by atoms with Crippen LogP contribution in [0.15, 0.2) is 29.2 Å². The van der Waals surface area contributed by atoms with Crippen LogP contribution in [0.5, 0.6) is 0 Å². The highest BCUT2D eigenvalue weighted by molar-refractivity contribution is 7.89. The van der Waals surface area contributed by atoms with Gasteiger partial charge in [0, 0.05) is 13.1 Å². The van der Waals surface area contributed by atoms with Crippen LogP contribution in [0.1, 0.15) is 51.0 Å². The molecule has 0 aromatic heterocycles. The van der Waals surface area contributed by atoms with Gasteiger partial charge in [0.1, 0.15) is 5.60 Å². The minimum absolute atomic E-state index is 0.00800. The van der Waals surface area contributed by atoms with Crippen molar-refractivity contribution in [3.63, 3.8) is 0 Å². The lowest BCUT2D eigenvalue weighted by Crippen LogP contribution is -2.58. The third-order valence-electron chi connectivity index (χ3n) is 5.64. The summed E-state index contributed by atoms with van der Waals surface area (Å²) in [4.78, 5) is 16.2. The van der Waals surface area contributed by atoms with Gasteiger partial charge in [-0.3, -0.25) is 0 Å². The van der Waals surface area contributed by atoms with Gasteiger partial charge in [0.25, 0.3) is 5.09 Å². The Labute approximate surface area is 154 Å². The molecule has 1 aliphatic heterocycles. The minimum atomic E-state index is -3.73. The molecule has 8 heteroatoms. The molecule has 144 valence electrons.